The van der Waals surface area contributed by atoms with E-state index in [9.17, 15) is 4.79 Å². The fourth-order valence-corrected chi connectivity index (χ4v) is 3.61. The predicted octanol–water partition coefficient (Wildman–Crippen LogP) is 3.24. The zero-order chi connectivity index (χ0) is 15.1. The summed E-state index contributed by atoms with van der Waals surface area (Å²) in [5.41, 5.74) is 4.25. The van der Waals surface area contributed by atoms with Crippen molar-refractivity contribution in [2.75, 3.05) is 13.2 Å². The monoisotopic (exact) mass is 299 g/mol. The number of aryl methyl sites for hydroxylation is 1. The first kappa shape index (κ1) is 13.8. The summed E-state index contributed by atoms with van der Waals surface area (Å²) in [4.78, 5) is 16.0. The van der Waals surface area contributed by atoms with Crippen molar-refractivity contribution in [3.8, 4) is 0 Å². The molecule has 2 aromatic rings. The summed E-state index contributed by atoms with van der Waals surface area (Å²) in [6.45, 7) is 3.48. The first-order valence-corrected chi connectivity index (χ1v) is 8.13. The first-order valence-electron chi connectivity index (χ1n) is 8.13. The van der Waals surface area contributed by atoms with Crippen LogP contribution in [0.25, 0.3) is 10.9 Å². The lowest BCUT2D eigenvalue weighted by Crippen LogP contribution is -2.18. The number of rotatable bonds is 2. The molecule has 1 N–H and O–H groups in total. The number of nitrogens with one attached hydrogen (secondary N) is 1. The van der Waals surface area contributed by atoms with Gasteiger partial charge in [-0.1, -0.05) is 19.1 Å². The van der Waals surface area contributed by atoms with Crippen LogP contribution >= 0.6 is 0 Å². The Kier molecular flexibility index (Phi) is 3.41. The highest BCUT2D eigenvalue weighted by Crippen LogP contribution is 2.33. The second kappa shape index (κ2) is 5.43. The van der Waals surface area contributed by atoms with Crippen LogP contribution in [0.1, 0.15) is 41.4 Å². The van der Waals surface area contributed by atoms with Gasteiger partial charge in [0, 0.05) is 17.5 Å². The third-order valence-corrected chi connectivity index (χ3v) is 4.85. The molecule has 116 valence electrons. The summed E-state index contributed by atoms with van der Waals surface area (Å²) < 4.78 is 10.8. The summed E-state index contributed by atoms with van der Waals surface area (Å²) in [6, 6.07) is 5.92. The lowest BCUT2D eigenvalue weighted by atomic mass is 9.87. The summed E-state index contributed by atoms with van der Waals surface area (Å²) in [5.74, 6) is 0.463. The zero-order valence-corrected chi connectivity index (χ0v) is 12.9. The summed E-state index contributed by atoms with van der Waals surface area (Å²) in [5, 5.41) is 1.18. The third-order valence-electron chi connectivity index (χ3n) is 4.85. The lowest BCUT2D eigenvalue weighted by Gasteiger charge is -2.17. The van der Waals surface area contributed by atoms with Gasteiger partial charge in [-0.3, -0.25) is 0 Å². The molecule has 0 saturated carbocycles. The Labute approximate surface area is 129 Å². The van der Waals surface area contributed by atoms with Gasteiger partial charge in [0.25, 0.3) is 0 Å². The SMILES string of the molecule is CC1CCc2[nH]c3c(C(=O)OC4CCOC4)cccc3c2C1. The summed E-state index contributed by atoms with van der Waals surface area (Å²) >= 11 is 0. The number of aromatic amines is 1. The Hall–Kier alpha value is -1.81. The topological polar surface area (TPSA) is 51.3 Å². The van der Waals surface area contributed by atoms with Crippen molar-refractivity contribution in [2.24, 2.45) is 5.92 Å². The fraction of sp³-hybridized carbons (Fsp3) is 0.500. The van der Waals surface area contributed by atoms with Crippen LogP contribution in [0.4, 0.5) is 0 Å². The number of esters is 1. The Bertz CT molecular complexity index is 712. The number of carbonyl (C=O) groups is 1. The number of aromatic nitrogens is 1. The Morgan fingerprint density at radius 1 is 1.36 bits per heavy atom. The zero-order valence-electron chi connectivity index (χ0n) is 12.9. The fourth-order valence-electron chi connectivity index (χ4n) is 3.61. The van der Waals surface area contributed by atoms with Crippen molar-refractivity contribution < 1.29 is 14.3 Å². The average Bonchev–Trinajstić information content (AvgIpc) is 3.14. The van der Waals surface area contributed by atoms with Gasteiger partial charge in [0.1, 0.15) is 6.10 Å². The van der Waals surface area contributed by atoms with Crippen LogP contribution in [0.5, 0.6) is 0 Å². The Balaban J connectivity index is 1.70. The standard InChI is InChI=1S/C18H21NO3/c1-11-5-6-16-15(9-11)13-3-2-4-14(17(13)19-16)18(20)22-12-7-8-21-10-12/h2-4,11-12,19H,5-10H2,1H3. The second-order valence-corrected chi connectivity index (χ2v) is 6.55. The molecule has 4 nitrogen and oxygen atoms in total. The van der Waals surface area contributed by atoms with Crippen LogP contribution in [0.15, 0.2) is 18.2 Å². The molecular weight excluding hydrogens is 278 g/mol. The van der Waals surface area contributed by atoms with E-state index >= 15 is 0 Å². The van der Waals surface area contributed by atoms with Crippen molar-refractivity contribution in [3.63, 3.8) is 0 Å². The Morgan fingerprint density at radius 3 is 3.09 bits per heavy atom. The van der Waals surface area contributed by atoms with E-state index in [1.54, 1.807) is 0 Å². The number of fused-ring (bicyclic) bond motifs is 3. The molecule has 1 aromatic carbocycles. The minimum Gasteiger partial charge on any atom is -0.456 e. The Morgan fingerprint density at radius 2 is 2.27 bits per heavy atom. The number of para-hydroxylation sites is 1. The highest BCUT2D eigenvalue weighted by Gasteiger charge is 2.25. The van der Waals surface area contributed by atoms with Crippen LogP contribution < -0.4 is 0 Å². The van der Waals surface area contributed by atoms with Gasteiger partial charge in [-0.25, -0.2) is 4.79 Å². The molecule has 1 aromatic heterocycles. The second-order valence-electron chi connectivity index (χ2n) is 6.55. The minimum absolute atomic E-state index is 0.104. The van der Waals surface area contributed by atoms with Gasteiger partial charge in [0.15, 0.2) is 0 Å². The molecule has 0 spiro atoms. The van der Waals surface area contributed by atoms with E-state index in [1.807, 2.05) is 12.1 Å². The molecule has 4 heteroatoms. The number of hydrogen-bond donors (Lipinski definition) is 1. The van der Waals surface area contributed by atoms with Gasteiger partial charge in [-0.2, -0.15) is 0 Å². The van der Waals surface area contributed by atoms with Crippen molar-refractivity contribution in [2.45, 2.75) is 38.7 Å². The van der Waals surface area contributed by atoms with Gasteiger partial charge in [0.2, 0.25) is 0 Å². The normalized spacial score (nSPS) is 24.4. The van der Waals surface area contributed by atoms with Crippen LogP contribution in [0.2, 0.25) is 0 Å². The van der Waals surface area contributed by atoms with E-state index in [2.05, 4.69) is 18.0 Å². The number of carbonyl (C=O) groups excluding carboxylic acids is 1. The quantitative estimate of drug-likeness (QED) is 0.866. The molecular formula is C18H21NO3. The molecule has 0 radical (unpaired) electrons. The van der Waals surface area contributed by atoms with Crippen molar-refractivity contribution >= 4 is 16.9 Å². The highest BCUT2D eigenvalue weighted by molar-refractivity contribution is 6.04. The number of hydrogen-bond acceptors (Lipinski definition) is 3. The number of benzene rings is 1. The molecule has 1 aliphatic heterocycles. The average molecular weight is 299 g/mol. The van der Waals surface area contributed by atoms with E-state index in [-0.39, 0.29) is 12.1 Å². The minimum atomic E-state index is -0.243. The van der Waals surface area contributed by atoms with Crippen molar-refractivity contribution in [1.29, 1.82) is 0 Å². The number of H-pyrrole nitrogens is 1. The van der Waals surface area contributed by atoms with Crippen LogP contribution in [-0.4, -0.2) is 30.3 Å². The third kappa shape index (κ3) is 2.31. The maximum Gasteiger partial charge on any atom is 0.340 e. The van der Waals surface area contributed by atoms with E-state index in [1.165, 1.54) is 23.1 Å². The van der Waals surface area contributed by atoms with Gasteiger partial charge in [0.05, 0.1) is 24.3 Å². The predicted molar refractivity (Wildman–Crippen MR) is 84.1 cm³/mol. The van der Waals surface area contributed by atoms with E-state index < -0.39 is 0 Å². The molecule has 0 amide bonds. The molecule has 2 aliphatic rings. The van der Waals surface area contributed by atoms with E-state index in [4.69, 9.17) is 9.47 Å². The highest BCUT2D eigenvalue weighted by atomic mass is 16.6. The molecule has 1 aliphatic carbocycles. The maximum atomic E-state index is 12.5. The largest absolute Gasteiger partial charge is 0.456 e. The molecule has 0 bridgehead atoms. The maximum absolute atomic E-state index is 12.5. The van der Waals surface area contributed by atoms with Crippen LogP contribution in [-0.2, 0) is 22.3 Å². The lowest BCUT2D eigenvalue weighted by molar-refractivity contribution is 0.0273. The molecule has 2 unspecified atom stereocenters. The van der Waals surface area contributed by atoms with E-state index in [0.29, 0.717) is 24.7 Å². The summed E-state index contributed by atoms with van der Waals surface area (Å²) in [7, 11) is 0. The molecule has 1 fully saturated rings. The van der Waals surface area contributed by atoms with Gasteiger partial charge >= 0.3 is 5.97 Å². The molecule has 1 saturated heterocycles. The van der Waals surface area contributed by atoms with Gasteiger partial charge < -0.3 is 14.5 Å². The van der Waals surface area contributed by atoms with Crippen molar-refractivity contribution in [1.82, 2.24) is 4.98 Å². The van der Waals surface area contributed by atoms with Crippen molar-refractivity contribution in [3.05, 3.63) is 35.0 Å². The molecule has 2 heterocycles. The van der Waals surface area contributed by atoms with Gasteiger partial charge in [-0.05, 0) is 36.8 Å². The molecule has 22 heavy (non-hydrogen) atoms. The smallest absolute Gasteiger partial charge is 0.340 e. The summed E-state index contributed by atoms with van der Waals surface area (Å²) in [6.07, 6.45) is 4.05. The van der Waals surface area contributed by atoms with Crippen LogP contribution in [0.3, 0.4) is 0 Å². The van der Waals surface area contributed by atoms with Gasteiger partial charge in [-0.15, -0.1) is 0 Å². The van der Waals surface area contributed by atoms with E-state index in [0.717, 1.165) is 24.8 Å². The molecule has 2 atom stereocenters. The van der Waals surface area contributed by atoms with Crippen LogP contribution in [0, 0.1) is 5.92 Å². The number of ether oxygens (including phenoxy) is 2. The molecule has 4 rings (SSSR count). The first-order chi connectivity index (χ1) is 10.7.